The average Bonchev–Trinajstić information content (AvgIpc) is 3.04. The summed E-state index contributed by atoms with van der Waals surface area (Å²) in [5.74, 6) is -0.248. The van der Waals surface area contributed by atoms with Crippen LogP contribution in [0.2, 0.25) is 0 Å². The zero-order valence-corrected chi connectivity index (χ0v) is 26.1. The predicted octanol–water partition coefficient (Wildman–Crippen LogP) is 4.06. The molecule has 234 valence electrons. The van der Waals surface area contributed by atoms with Crippen molar-refractivity contribution in [3.8, 4) is 16.9 Å². The molecular formula is C32H31N3O8S2. The molecule has 1 N–H and O–H groups in total. The number of sulfone groups is 1. The molecule has 0 aliphatic carbocycles. The molecule has 11 nitrogen and oxygen atoms in total. The fourth-order valence-electron chi connectivity index (χ4n) is 4.92. The van der Waals surface area contributed by atoms with Crippen molar-refractivity contribution in [2.45, 2.75) is 22.6 Å². The van der Waals surface area contributed by atoms with Crippen molar-refractivity contribution in [1.29, 1.82) is 0 Å². The Morgan fingerprint density at radius 1 is 0.844 bits per heavy atom. The minimum atomic E-state index is -4.28. The molecule has 5 rings (SSSR count). The molecule has 1 aliphatic heterocycles. The summed E-state index contributed by atoms with van der Waals surface area (Å²) in [5.41, 5.74) is 2.29. The number of rotatable bonds is 9. The number of piperazine rings is 1. The lowest BCUT2D eigenvalue weighted by Gasteiger charge is -2.39. The van der Waals surface area contributed by atoms with Crippen LogP contribution >= 0.6 is 0 Å². The SMILES string of the molecule is COc1ccc(S(=O)(=O)NC2C(=O)N(c3ccc(-c4ccccc4S(C)(=O)=O)cc3)CCN2C(=O)OCc2ccccc2)cc1. The Hall–Kier alpha value is -4.72. The maximum absolute atomic E-state index is 13.9. The number of nitrogens with one attached hydrogen (secondary N) is 1. The van der Waals surface area contributed by atoms with Crippen molar-refractivity contribution in [3.05, 3.63) is 109 Å². The first-order valence-corrected chi connectivity index (χ1v) is 17.2. The number of hydrogen-bond donors (Lipinski definition) is 1. The second-order valence-corrected chi connectivity index (χ2v) is 13.9. The number of ether oxygens (including phenoxy) is 2. The van der Waals surface area contributed by atoms with E-state index in [1.54, 1.807) is 66.7 Å². The topological polar surface area (TPSA) is 139 Å². The Balaban J connectivity index is 1.43. The third kappa shape index (κ3) is 7.17. The van der Waals surface area contributed by atoms with E-state index in [0.29, 0.717) is 22.6 Å². The number of carbonyl (C=O) groups is 2. The fourth-order valence-corrected chi connectivity index (χ4v) is 6.98. The lowest BCUT2D eigenvalue weighted by Crippen LogP contribution is -2.65. The lowest BCUT2D eigenvalue weighted by atomic mass is 10.0. The van der Waals surface area contributed by atoms with Crippen molar-refractivity contribution in [3.63, 3.8) is 0 Å². The van der Waals surface area contributed by atoms with E-state index in [9.17, 15) is 26.4 Å². The zero-order valence-electron chi connectivity index (χ0n) is 24.5. The molecule has 1 fully saturated rings. The van der Waals surface area contributed by atoms with Gasteiger partial charge in [0.05, 0.1) is 16.9 Å². The molecule has 4 aromatic rings. The van der Waals surface area contributed by atoms with E-state index in [4.69, 9.17) is 9.47 Å². The van der Waals surface area contributed by atoms with Crippen molar-refractivity contribution >= 4 is 37.5 Å². The smallest absolute Gasteiger partial charge is 0.411 e. The normalized spacial score (nSPS) is 15.5. The van der Waals surface area contributed by atoms with Gasteiger partial charge in [-0.05, 0) is 53.6 Å². The van der Waals surface area contributed by atoms with Crippen LogP contribution < -0.4 is 14.4 Å². The van der Waals surface area contributed by atoms with Gasteiger partial charge in [0.2, 0.25) is 10.0 Å². The van der Waals surface area contributed by atoms with E-state index < -0.39 is 38.0 Å². The molecule has 0 bridgehead atoms. The maximum Gasteiger partial charge on any atom is 0.411 e. The lowest BCUT2D eigenvalue weighted by molar-refractivity contribution is -0.125. The third-order valence-electron chi connectivity index (χ3n) is 7.23. The van der Waals surface area contributed by atoms with Gasteiger partial charge in [0, 0.05) is 30.6 Å². The van der Waals surface area contributed by atoms with E-state index in [0.717, 1.165) is 16.7 Å². The standard InChI is InChI=1S/C32H31N3O8S2/c1-42-26-16-18-27(19-17-26)45(40,41)33-30-31(36)34(20-21-35(30)32(37)43-22-23-8-4-3-5-9-23)25-14-12-24(13-15-25)28-10-6-7-11-29(28)44(2,38)39/h3-19,30,33H,20-22H2,1-2H3. The summed E-state index contributed by atoms with van der Waals surface area (Å²) in [7, 11) is -6.32. The van der Waals surface area contributed by atoms with Crippen molar-refractivity contribution in [1.82, 2.24) is 9.62 Å². The minimum absolute atomic E-state index is 0.0339. The average molecular weight is 650 g/mol. The van der Waals surface area contributed by atoms with Gasteiger partial charge >= 0.3 is 6.09 Å². The second kappa shape index (κ2) is 13.1. The van der Waals surface area contributed by atoms with E-state index in [1.165, 1.54) is 42.3 Å². The Kier molecular flexibility index (Phi) is 9.23. The highest BCUT2D eigenvalue weighted by molar-refractivity contribution is 7.91. The number of methoxy groups -OCH3 is 1. The van der Waals surface area contributed by atoms with Gasteiger partial charge < -0.3 is 14.4 Å². The Labute approximate surface area is 262 Å². The van der Waals surface area contributed by atoms with Crippen LogP contribution in [0.25, 0.3) is 11.1 Å². The summed E-state index contributed by atoms with van der Waals surface area (Å²) in [6.45, 7) is -0.0461. The molecule has 0 saturated carbocycles. The summed E-state index contributed by atoms with van der Waals surface area (Å²) in [6.07, 6.45) is -1.34. The van der Waals surface area contributed by atoms with Crippen LogP contribution in [0.4, 0.5) is 10.5 Å². The number of hydrogen-bond acceptors (Lipinski definition) is 8. The molecule has 4 aromatic carbocycles. The largest absolute Gasteiger partial charge is 0.497 e. The molecule has 0 radical (unpaired) electrons. The van der Waals surface area contributed by atoms with Gasteiger partial charge in [0.25, 0.3) is 5.91 Å². The Morgan fingerprint density at radius 3 is 2.13 bits per heavy atom. The van der Waals surface area contributed by atoms with E-state index in [2.05, 4.69) is 4.72 Å². The molecular weight excluding hydrogens is 618 g/mol. The molecule has 45 heavy (non-hydrogen) atoms. The number of anilines is 1. The van der Waals surface area contributed by atoms with E-state index >= 15 is 0 Å². The highest BCUT2D eigenvalue weighted by Gasteiger charge is 2.41. The van der Waals surface area contributed by atoms with Crippen LogP contribution in [0.15, 0.2) is 113 Å². The highest BCUT2D eigenvalue weighted by Crippen LogP contribution is 2.30. The molecule has 13 heteroatoms. The summed E-state index contributed by atoms with van der Waals surface area (Å²) in [4.78, 5) is 29.6. The number of nitrogens with zero attached hydrogens (tertiary/aromatic N) is 2. The quantitative estimate of drug-likeness (QED) is 0.287. The minimum Gasteiger partial charge on any atom is -0.497 e. The predicted molar refractivity (Wildman–Crippen MR) is 168 cm³/mol. The number of carbonyl (C=O) groups excluding carboxylic acids is 2. The van der Waals surface area contributed by atoms with Crippen LogP contribution in [0.5, 0.6) is 5.75 Å². The summed E-state index contributed by atoms with van der Waals surface area (Å²) in [5, 5.41) is 0. The molecule has 1 atom stereocenters. The maximum atomic E-state index is 13.9. The van der Waals surface area contributed by atoms with Crippen molar-refractivity contribution in [2.24, 2.45) is 0 Å². The first kappa shape index (κ1) is 31.7. The van der Waals surface area contributed by atoms with Crippen molar-refractivity contribution in [2.75, 3.05) is 31.4 Å². The van der Waals surface area contributed by atoms with Gasteiger partial charge in [-0.25, -0.2) is 21.6 Å². The van der Waals surface area contributed by atoms with Crippen LogP contribution in [0.1, 0.15) is 5.56 Å². The van der Waals surface area contributed by atoms with Gasteiger partial charge in [-0.2, -0.15) is 4.72 Å². The third-order valence-corrected chi connectivity index (χ3v) is 9.81. The molecule has 1 unspecified atom stereocenters. The first-order valence-electron chi connectivity index (χ1n) is 13.8. The summed E-state index contributed by atoms with van der Waals surface area (Å²) in [6, 6.07) is 27.8. The van der Waals surface area contributed by atoms with Gasteiger partial charge in [-0.15, -0.1) is 0 Å². The zero-order chi connectivity index (χ0) is 32.2. The summed E-state index contributed by atoms with van der Waals surface area (Å²) < 4.78 is 64.4. The first-order chi connectivity index (χ1) is 21.5. The molecule has 1 aliphatic rings. The molecule has 1 saturated heterocycles. The van der Waals surface area contributed by atoms with Crippen LogP contribution in [-0.2, 0) is 36.0 Å². The molecule has 2 amide bonds. The Morgan fingerprint density at radius 2 is 1.49 bits per heavy atom. The molecule has 0 spiro atoms. The fraction of sp³-hybridized carbons (Fsp3) is 0.188. The van der Waals surface area contributed by atoms with E-state index in [-0.39, 0.29) is 29.5 Å². The van der Waals surface area contributed by atoms with Gasteiger partial charge in [-0.3, -0.25) is 9.69 Å². The van der Waals surface area contributed by atoms with Crippen LogP contribution in [-0.4, -0.2) is 66.4 Å². The highest BCUT2D eigenvalue weighted by atomic mass is 32.2. The van der Waals surface area contributed by atoms with Crippen molar-refractivity contribution < 1.29 is 35.9 Å². The van der Waals surface area contributed by atoms with E-state index in [1.807, 2.05) is 6.07 Å². The monoisotopic (exact) mass is 649 g/mol. The molecule has 0 aromatic heterocycles. The summed E-state index contributed by atoms with van der Waals surface area (Å²) >= 11 is 0. The van der Waals surface area contributed by atoms with Gasteiger partial charge in [0.15, 0.2) is 16.0 Å². The van der Waals surface area contributed by atoms with Gasteiger partial charge in [-0.1, -0.05) is 60.7 Å². The van der Waals surface area contributed by atoms with Crippen LogP contribution in [0.3, 0.4) is 0 Å². The Bertz CT molecular complexity index is 1900. The number of sulfonamides is 1. The number of benzene rings is 4. The second-order valence-electron chi connectivity index (χ2n) is 10.2. The van der Waals surface area contributed by atoms with Crippen LogP contribution in [0, 0.1) is 0 Å². The molecule has 1 heterocycles. The number of amides is 2. The van der Waals surface area contributed by atoms with Gasteiger partial charge in [0.1, 0.15) is 12.4 Å².